The monoisotopic (exact) mass is 390 g/mol. The van der Waals surface area contributed by atoms with Crippen LogP contribution in [0.15, 0.2) is 39.4 Å². The summed E-state index contributed by atoms with van der Waals surface area (Å²) in [5.41, 5.74) is 0.911. The van der Waals surface area contributed by atoms with Crippen LogP contribution < -0.4 is 5.32 Å². The molecule has 24 heavy (non-hydrogen) atoms. The van der Waals surface area contributed by atoms with Crippen LogP contribution in [0.1, 0.15) is 20.8 Å². The van der Waals surface area contributed by atoms with Gasteiger partial charge < -0.3 is 9.73 Å². The molecule has 124 valence electrons. The predicted octanol–water partition coefficient (Wildman–Crippen LogP) is 4.77. The van der Waals surface area contributed by atoms with Crippen molar-refractivity contribution in [3.63, 3.8) is 0 Å². The second-order valence-electron chi connectivity index (χ2n) is 6.32. The lowest BCUT2D eigenvalue weighted by atomic mass is 10.1. The number of halogens is 1. The first kappa shape index (κ1) is 16.4. The third-order valence-corrected chi connectivity index (χ3v) is 3.61. The van der Waals surface area contributed by atoms with E-state index in [9.17, 15) is 10.1 Å². The van der Waals surface area contributed by atoms with Crippen molar-refractivity contribution in [3.8, 4) is 11.5 Å². The molecule has 0 fully saturated rings. The van der Waals surface area contributed by atoms with Gasteiger partial charge in [0.05, 0.1) is 10.5 Å². The lowest BCUT2D eigenvalue weighted by molar-refractivity contribution is -0.383. The molecule has 3 rings (SSSR count). The maximum atomic E-state index is 11.2. The van der Waals surface area contributed by atoms with Crippen LogP contribution in [0.2, 0.25) is 0 Å². The van der Waals surface area contributed by atoms with Gasteiger partial charge in [0.1, 0.15) is 5.82 Å². The number of nitro benzene ring substituents is 1. The van der Waals surface area contributed by atoms with E-state index in [0.717, 1.165) is 4.47 Å². The Morgan fingerprint density at radius 3 is 2.75 bits per heavy atom. The average molecular weight is 391 g/mol. The van der Waals surface area contributed by atoms with Crippen LogP contribution in [0.5, 0.6) is 0 Å². The average Bonchev–Trinajstić information content (AvgIpc) is 2.91. The van der Waals surface area contributed by atoms with Crippen molar-refractivity contribution in [2.45, 2.75) is 26.3 Å². The van der Waals surface area contributed by atoms with E-state index in [2.05, 4.69) is 31.2 Å². The van der Waals surface area contributed by atoms with Crippen LogP contribution in [0, 0.1) is 10.1 Å². The van der Waals surface area contributed by atoms with E-state index in [1.54, 1.807) is 18.3 Å². The number of rotatable bonds is 3. The summed E-state index contributed by atoms with van der Waals surface area (Å²) >= 11 is 3.39. The molecule has 0 bridgehead atoms. The molecular formula is C16H15BrN4O3. The maximum absolute atomic E-state index is 11.2. The molecule has 1 N–H and O–H groups in total. The van der Waals surface area contributed by atoms with Crippen LogP contribution in [-0.2, 0) is 0 Å². The van der Waals surface area contributed by atoms with Gasteiger partial charge in [-0.15, -0.1) is 0 Å². The summed E-state index contributed by atoms with van der Waals surface area (Å²) in [4.78, 5) is 19.4. The third-order valence-electron chi connectivity index (χ3n) is 3.17. The molecule has 1 aromatic carbocycles. The number of fused-ring (bicyclic) bond motifs is 1. The van der Waals surface area contributed by atoms with Crippen molar-refractivity contribution in [1.82, 2.24) is 9.97 Å². The normalized spacial score (nSPS) is 11.7. The highest BCUT2D eigenvalue weighted by molar-refractivity contribution is 9.10. The third kappa shape index (κ3) is 3.23. The van der Waals surface area contributed by atoms with Gasteiger partial charge in [-0.05, 0) is 48.8 Å². The number of anilines is 1. The number of benzene rings is 1. The molecule has 0 aliphatic rings. The first-order valence-electron chi connectivity index (χ1n) is 7.23. The number of hydrogen-bond acceptors (Lipinski definition) is 6. The summed E-state index contributed by atoms with van der Waals surface area (Å²) < 4.78 is 6.50. The van der Waals surface area contributed by atoms with Gasteiger partial charge in [-0.25, -0.2) is 9.97 Å². The number of nitro groups is 1. The van der Waals surface area contributed by atoms with Crippen molar-refractivity contribution in [2.24, 2.45) is 0 Å². The fourth-order valence-corrected chi connectivity index (χ4v) is 2.58. The molecule has 0 radical (unpaired) electrons. The topological polar surface area (TPSA) is 94.1 Å². The molecule has 2 heterocycles. The van der Waals surface area contributed by atoms with Gasteiger partial charge in [0, 0.05) is 22.3 Å². The highest BCUT2D eigenvalue weighted by Crippen LogP contribution is 2.34. The number of nitrogens with zero attached hydrogens (tertiary/aromatic N) is 3. The smallest absolute Gasteiger partial charge is 0.298 e. The Morgan fingerprint density at radius 1 is 1.33 bits per heavy atom. The summed E-state index contributed by atoms with van der Waals surface area (Å²) in [5, 5.41) is 14.5. The van der Waals surface area contributed by atoms with E-state index in [1.165, 1.54) is 6.07 Å². The molecule has 0 saturated heterocycles. The molecule has 0 aliphatic heterocycles. The minimum Gasteiger partial charge on any atom is -0.436 e. The molecule has 0 atom stereocenters. The fraction of sp³-hybridized carbons (Fsp3) is 0.250. The van der Waals surface area contributed by atoms with Crippen LogP contribution in [0.25, 0.3) is 22.6 Å². The zero-order valence-electron chi connectivity index (χ0n) is 13.3. The van der Waals surface area contributed by atoms with Gasteiger partial charge in [-0.3, -0.25) is 10.1 Å². The zero-order chi connectivity index (χ0) is 17.5. The number of nitrogens with one attached hydrogen (secondary N) is 1. The summed E-state index contributed by atoms with van der Waals surface area (Å²) in [6, 6.07) is 6.45. The SMILES string of the molecule is CC(C)(C)Nc1ncc(Br)cc1-c1nc2c([N+](=O)[O-])cccc2o1. The van der Waals surface area contributed by atoms with Crippen LogP contribution in [-0.4, -0.2) is 20.4 Å². The lowest BCUT2D eigenvalue weighted by Gasteiger charge is -2.22. The molecular weight excluding hydrogens is 376 g/mol. The van der Waals surface area contributed by atoms with Gasteiger partial charge >= 0.3 is 0 Å². The Kier molecular flexibility index (Phi) is 4.00. The van der Waals surface area contributed by atoms with E-state index >= 15 is 0 Å². The summed E-state index contributed by atoms with van der Waals surface area (Å²) in [5.74, 6) is 0.875. The Morgan fingerprint density at radius 2 is 2.08 bits per heavy atom. The highest BCUT2D eigenvalue weighted by Gasteiger charge is 2.22. The first-order chi connectivity index (χ1) is 11.2. The molecule has 0 aliphatic carbocycles. The Labute approximate surface area is 146 Å². The first-order valence-corrected chi connectivity index (χ1v) is 8.02. The Balaban J connectivity index is 2.19. The van der Waals surface area contributed by atoms with E-state index < -0.39 is 4.92 Å². The minimum absolute atomic E-state index is 0.0872. The maximum Gasteiger partial charge on any atom is 0.298 e. The number of aromatic nitrogens is 2. The van der Waals surface area contributed by atoms with E-state index in [-0.39, 0.29) is 22.6 Å². The van der Waals surface area contributed by atoms with E-state index in [1.807, 2.05) is 26.8 Å². The number of oxazole rings is 1. The molecule has 0 spiro atoms. The number of non-ortho nitro benzene ring substituents is 1. The summed E-state index contributed by atoms with van der Waals surface area (Å²) in [7, 11) is 0. The molecule has 8 heteroatoms. The lowest BCUT2D eigenvalue weighted by Crippen LogP contribution is -2.27. The molecule has 3 aromatic rings. The van der Waals surface area contributed by atoms with Gasteiger partial charge in [-0.1, -0.05) is 6.07 Å². The van der Waals surface area contributed by atoms with Gasteiger partial charge in [0.25, 0.3) is 5.69 Å². The van der Waals surface area contributed by atoms with Gasteiger partial charge in [0.15, 0.2) is 11.1 Å². The van der Waals surface area contributed by atoms with Crippen LogP contribution >= 0.6 is 15.9 Å². The Bertz CT molecular complexity index is 931. The molecule has 7 nitrogen and oxygen atoms in total. The van der Waals surface area contributed by atoms with Crippen LogP contribution in [0.4, 0.5) is 11.5 Å². The van der Waals surface area contributed by atoms with Crippen molar-refractivity contribution in [2.75, 3.05) is 5.32 Å². The second kappa shape index (κ2) is 5.86. The Hall–Kier alpha value is -2.48. The zero-order valence-corrected chi connectivity index (χ0v) is 14.9. The molecule has 0 unspecified atom stereocenters. The van der Waals surface area contributed by atoms with Crippen molar-refractivity contribution < 1.29 is 9.34 Å². The predicted molar refractivity (Wildman–Crippen MR) is 95.0 cm³/mol. The van der Waals surface area contributed by atoms with Crippen molar-refractivity contribution in [1.29, 1.82) is 0 Å². The van der Waals surface area contributed by atoms with Gasteiger partial charge in [0.2, 0.25) is 5.89 Å². The van der Waals surface area contributed by atoms with E-state index in [4.69, 9.17) is 4.42 Å². The number of para-hydroxylation sites is 1. The fourth-order valence-electron chi connectivity index (χ4n) is 2.25. The highest BCUT2D eigenvalue weighted by atomic mass is 79.9. The second-order valence-corrected chi connectivity index (χ2v) is 7.24. The van der Waals surface area contributed by atoms with Crippen molar-refractivity contribution in [3.05, 3.63) is 45.0 Å². The molecule has 0 amide bonds. The van der Waals surface area contributed by atoms with E-state index in [0.29, 0.717) is 17.0 Å². The standard InChI is InChI=1S/C16H15BrN4O3/c1-16(2,3)20-14-10(7-9(17)8-18-14)15-19-13-11(21(22)23)5-4-6-12(13)24-15/h4-8H,1-3H3,(H,18,20). The van der Waals surface area contributed by atoms with Gasteiger partial charge in [-0.2, -0.15) is 0 Å². The summed E-state index contributed by atoms with van der Waals surface area (Å²) in [6.45, 7) is 6.03. The molecule has 0 saturated carbocycles. The quantitative estimate of drug-likeness (QED) is 0.511. The van der Waals surface area contributed by atoms with Crippen molar-refractivity contribution >= 4 is 38.5 Å². The summed E-state index contributed by atoms with van der Waals surface area (Å²) in [6.07, 6.45) is 1.67. The minimum atomic E-state index is -0.470. The van der Waals surface area contributed by atoms with Crippen LogP contribution in [0.3, 0.4) is 0 Å². The largest absolute Gasteiger partial charge is 0.436 e. The molecule has 2 aromatic heterocycles. The number of hydrogen-bond donors (Lipinski definition) is 1. The number of pyridine rings is 1.